The molecule has 0 aliphatic rings. The Labute approximate surface area is 190 Å². The Kier molecular flexibility index (Phi) is 6.80. The number of benzene rings is 3. The zero-order valence-corrected chi connectivity index (χ0v) is 17.7. The lowest BCUT2D eigenvalue weighted by atomic mass is 10.1. The molecular weight excluding hydrogens is 420 g/mol. The third-order valence-electron chi connectivity index (χ3n) is 5.07. The Morgan fingerprint density at radius 1 is 0.848 bits per heavy atom. The number of amides is 1. The molecule has 3 aromatic carbocycles. The molecule has 7 heteroatoms. The first-order chi connectivity index (χ1) is 16.1. The van der Waals surface area contributed by atoms with Crippen LogP contribution in [0.25, 0.3) is 10.9 Å². The largest absolute Gasteiger partial charge is 0.456 e. The molecule has 1 atom stereocenters. The summed E-state index contributed by atoms with van der Waals surface area (Å²) in [4.78, 5) is 40.8. The van der Waals surface area contributed by atoms with Gasteiger partial charge in [0.1, 0.15) is 11.8 Å². The summed E-state index contributed by atoms with van der Waals surface area (Å²) in [5.41, 5.74) is 2.17. The van der Waals surface area contributed by atoms with Crippen molar-refractivity contribution in [3.05, 3.63) is 102 Å². The van der Waals surface area contributed by atoms with Crippen LogP contribution in [-0.4, -0.2) is 35.5 Å². The minimum atomic E-state index is -1.05. The first kappa shape index (κ1) is 21.8. The molecule has 1 heterocycles. The first-order valence-corrected chi connectivity index (χ1v) is 10.4. The normalized spacial score (nSPS) is 11.5. The van der Waals surface area contributed by atoms with Gasteiger partial charge in [0, 0.05) is 29.1 Å². The van der Waals surface area contributed by atoms with Gasteiger partial charge in [0.2, 0.25) is 0 Å². The molecule has 33 heavy (non-hydrogen) atoms. The van der Waals surface area contributed by atoms with Crippen molar-refractivity contribution < 1.29 is 23.9 Å². The third-order valence-corrected chi connectivity index (χ3v) is 5.07. The van der Waals surface area contributed by atoms with E-state index in [0.717, 1.165) is 16.5 Å². The van der Waals surface area contributed by atoms with E-state index in [1.807, 2.05) is 24.3 Å². The monoisotopic (exact) mass is 442 g/mol. The summed E-state index contributed by atoms with van der Waals surface area (Å²) < 4.78 is 10.5. The Balaban J connectivity index is 1.48. The van der Waals surface area contributed by atoms with E-state index in [2.05, 4.69) is 10.3 Å². The molecule has 4 rings (SSSR count). The van der Waals surface area contributed by atoms with E-state index in [9.17, 15) is 14.4 Å². The van der Waals surface area contributed by atoms with E-state index in [-0.39, 0.29) is 12.2 Å². The number of H-pyrrole nitrogens is 1. The predicted molar refractivity (Wildman–Crippen MR) is 123 cm³/mol. The summed E-state index contributed by atoms with van der Waals surface area (Å²) in [6.45, 7) is -0.428. The van der Waals surface area contributed by atoms with Gasteiger partial charge >= 0.3 is 12.1 Å². The Morgan fingerprint density at radius 2 is 1.52 bits per heavy atom. The minimum absolute atomic E-state index is 0.159. The second kappa shape index (κ2) is 10.3. The quantitative estimate of drug-likeness (QED) is 0.313. The van der Waals surface area contributed by atoms with Crippen molar-refractivity contribution in [2.75, 3.05) is 6.61 Å². The van der Waals surface area contributed by atoms with Gasteiger partial charge in [-0.3, -0.25) is 4.79 Å². The maximum Gasteiger partial charge on any atom is 0.413 e. The van der Waals surface area contributed by atoms with E-state index in [4.69, 9.17) is 9.47 Å². The number of rotatable bonds is 8. The Bertz CT molecular complexity index is 1250. The number of aromatic amines is 1. The molecule has 2 N–H and O–H groups in total. The number of hydrogen-bond donors (Lipinski definition) is 2. The van der Waals surface area contributed by atoms with Crippen molar-refractivity contribution in [1.29, 1.82) is 0 Å². The van der Waals surface area contributed by atoms with Gasteiger partial charge in [-0.05, 0) is 23.8 Å². The van der Waals surface area contributed by atoms with Crippen molar-refractivity contribution in [2.24, 2.45) is 0 Å². The van der Waals surface area contributed by atoms with Crippen LogP contribution in [-0.2, 0) is 16.0 Å². The summed E-state index contributed by atoms with van der Waals surface area (Å²) in [5, 5.41) is 3.50. The van der Waals surface area contributed by atoms with Crippen LogP contribution in [0, 0.1) is 0 Å². The summed E-state index contributed by atoms with van der Waals surface area (Å²) >= 11 is 0. The molecule has 4 aromatic rings. The first-order valence-electron chi connectivity index (χ1n) is 10.4. The highest BCUT2D eigenvalue weighted by molar-refractivity contribution is 5.98. The second-order valence-corrected chi connectivity index (χ2v) is 7.36. The fraction of sp³-hybridized carbons (Fsp3) is 0.115. The topological polar surface area (TPSA) is 97.5 Å². The van der Waals surface area contributed by atoms with Crippen molar-refractivity contribution in [2.45, 2.75) is 12.5 Å². The highest BCUT2D eigenvalue weighted by atomic mass is 16.6. The number of nitrogens with one attached hydrogen (secondary N) is 2. The molecule has 0 radical (unpaired) electrons. The van der Waals surface area contributed by atoms with Crippen LogP contribution < -0.4 is 10.1 Å². The van der Waals surface area contributed by atoms with Crippen LogP contribution in [0.15, 0.2) is 91.1 Å². The SMILES string of the molecule is O=C(NC(Cc1c[nH]c2ccccc12)C(=O)OCC(=O)c1ccccc1)Oc1ccccc1. The Hall–Kier alpha value is -4.39. The van der Waals surface area contributed by atoms with Gasteiger partial charge < -0.3 is 19.8 Å². The third kappa shape index (κ3) is 5.65. The minimum Gasteiger partial charge on any atom is -0.456 e. The molecule has 0 aliphatic heterocycles. The second-order valence-electron chi connectivity index (χ2n) is 7.36. The number of aromatic nitrogens is 1. The number of ketones is 1. The molecule has 0 bridgehead atoms. The maximum atomic E-state index is 12.9. The highest BCUT2D eigenvalue weighted by Crippen LogP contribution is 2.20. The summed E-state index contributed by atoms with van der Waals surface area (Å²) in [7, 11) is 0. The number of hydrogen-bond acceptors (Lipinski definition) is 5. The van der Waals surface area contributed by atoms with Gasteiger partial charge in [0.05, 0.1) is 0 Å². The van der Waals surface area contributed by atoms with E-state index >= 15 is 0 Å². The maximum absolute atomic E-state index is 12.9. The number of esters is 1. The van der Waals surface area contributed by atoms with E-state index in [1.54, 1.807) is 66.9 Å². The predicted octanol–water partition coefficient (Wildman–Crippen LogP) is 4.29. The molecule has 166 valence electrons. The fourth-order valence-electron chi connectivity index (χ4n) is 3.43. The van der Waals surface area contributed by atoms with E-state index < -0.39 is 24.7 Å². The van der Waals surface area contributed by atoms with Crippen LogP contribution in [0.5, 0.6) is 5.75 Å². The molecule has 0 fully saturated rings. The average molecular weight is 442 g/mol. The lowest BCUT2D eigenvalue weighted by molar-refractivity contribution is -0.144. The number of carbonyl (C=O) groups excluding carboxylic acids is 3. The van der Waals surface area contributed by atoms with Crippen LogP contribution in [0.4, 0.5) is 4.79 Å². The van der Waals surface area contributed by atoms with Gasteiger partial charge in [-0.1, -0.05) is 66.7 Å². The summed E-state index contributed by atoms with van der Waals surface area (Å²) in [6, 6.07) is 23.7. The molecule has 1 unspecified atom stereocenters. The number of Topliss-reactive ketones (excluding diaryl/α,β-unsaturated/α-hetero) is 1. The number of fused-ring (bicyclic) bond motifs is 1. The van der Waals surface area contributed by atoms with Crippen molar-refractivity contribution in [3.63, 3.8) is 0 Å². The van der Waals surface area contributed by atoms with Gasteiger partial charge in [-0.25, -0.2) is 9.59 Å². The van der Waals surface area contributed by atoms with Crippen LogP contribution in [0.3, 0.4) is 0 Å². The van der Waals surface area contributed by atoms with Crippen molar-refractivity contribution in [1.82, 2.24) is 10.3 Å². The molecule has 0 saturated heterocycles. The van der Waals surface area contributed by atoms with Crippen LogP contribution in [0.2, 0.25) is 0 Å². The van der Waals surface area contributed by atoms with Crippen molar-refractivity contribution >= 4 is 28.7 Å². The van der Waals surface area contributed by atoms with E-state index in [0.29, 0.717) is 11.3 Å². The summed E-state index contributed by atoms with van der Waals surface area (Å²) in [6.07, 6.45) is 1.15. The van der Waals surface area contributed by atoms with Crippen molar-refractivity contribution in [3.8, 4) is 5.75 Å². The van der Waals surface area contributed by atoms with Gasteiger partial charge in [0.15, 0.2) is 12.4 Å². The van der Waals surface area contributed by atoms with Gasteiger partial charge in [0.25, 0.3) is 0 Å². The molecule has 1 aromatic heterocycles. The molecule has 0 spiro atoms. The highest BCUT2D eigenvalue weighted by Gasteiger charge is 2.26. The molecular formula is C26H22N2O5. The fourth-order valence-corrected chi connectivity index (χ4v) is 3.43. The lowest BCUT2D eigenvalue weighted by Crippen LogP contribution is -2.45. The summed E-state index contributed by atoms with van der Waals surface area (Å²) in [5.74, 6) is -0.718. The van der Waals surface area contributed by atoms with Crippen LogP contribution in [0.1, 0.15) is 15.9 Å². The Morgan fingerprint density at radius 3 is 2.27 bits per heavy atom. The average Bonchev–Trinajstić information content (AvgIpc) is 3.26. The molecule has 0 aliphatic carbocycles. The number of carbonyl (C=O) groups is 3. The standard InChI is InChI=1S/C26H22N2O5/c29-24(18-9-3-1-4-10-18)17-32-25(30)23(28-26(31)33-20-11-5-2-6-12-20)15-19-16-27-22-14-8-7-13-21(19)22/h1-14,16,23,27H,15,17H2,(H,28,31). The smallest absolute Gasteiger partial charge is 0.413 e. The number of para-hydroxylation sites is 2. The zero-order chi connectivity index (χ0) is 23.0. The van der Waals surface area contributed by atoms with E-state index in [1.165, 1.54) is 0 Å². The molecule has 1 amide bonds. The lowest BCUT2D eigenvalue weighted by Gasteiger charge is -2.17. The molecule has 0 saturated carbocycles. The van der Waals surface area contributed by atoms with Gasteiger partial charge in [-0.2, -0.15) is 0 Å². The number of ether oxygens (including phenoxy) is 2. The zero-order valence-electron chi connectivity index (χ0n) is 17.7. The molecule has 7 nitrogen and oxygen atoms in total. The van der Waals surface area contributed by atoms with Crippen LogP contribution >= 0.6 is 0 Å². The van der Waals surface area contributed by atoms with Gasteiger partial charge in [-0.15, -0.1) is 0 Å².